The van der Waals surface area contributed by atoms with Gasteiger partial charge in [-0.2, -0.15) is 0 Å². The first-order valence-electron chi connectivity index (χ1n) is 3.71. The van der Waals surface area contributed by atoms with Gasteiger partial charge in [0.05, 0.1) is 0 Å². The second-order valence-corrected chi connectivity index (χ2v) is 2.37. The number of nitrogens with one attached hydrogen (secondary N) is 1. The van der Waals surface area contributed by atoms with Gasteiger partial charge in [-0.3, -0.25) is 5.41 Å². The smallest absolute Gasteiger partial charge is 0.448 e. The van der Waals surface area contributed by atoms with Gasteiger partial charge in [0.2, 0.25) is 5.96 Å². The van der Waals surface area contributed by atoms with Crippen molar-refractivity contribution in [3.63, 3.8) is 0 Å². The topological polar surface area (TPSA) is 99.6 Å². The molecule has 0 bridgehead atoms. The minimum atomic E-state index is -1.44. The van der Waals surface area contributed by atoms with E-state index in [-0.39, 0.29) is 5.06 Å². The Hall–Kier alpha value is -2.24. The molecule has 0 unspecified atom stereocenters. The first-order chi connectivity index (χ1) is 6.61. The van der Waals surface area contributed by atoms with Crippen LogP contribution in [0.15, 0.2) is 30.3 Å². The Balaban J connectivity index is 2.75. The van der Waals surface area contributed by atoms with Crippen molar-refractivity contribution >= 4 is 12.1 Å². The molecule has 0 spiro atoms. The molecule has 0 heterocycles. The van der Waals surface area contributed by atoms with E-state index in [1.165, 1.54) is 0 Å². The maximum Gasteiger partial charge on any atom is 0.448 e. The number of nitrogens with zero attached hydrogens (tertiary/aromatic N) is 1. The molecule has 0 saturated heterocycles. The molecule has 74 valence electrons. The van der Waals surface area contributed by atoms with Gasteiger partial charge >= 0.3 is 6.09 Å². The Morgan fingerprint density at radius 1 is 1.43 bits per heavy atom. The summed E-state index contributed by atoms with van der Waals surface area (Å²) in [5.74, 6) is -0.397. The number of benzene rings is 1. The van der Waals surface area contributed by atoms with Crippen LogP contribution in [0.2, 0.25) is 0 Å². The van der Waals surface area contributed by atoms with Crippen molar-refractivity contribution in [2.75, 3.05) is 0 Å². The van der Waals surface area contributed by atoms with Crippen LogP contribution in [-0.4, -0.2) is 22.2 Å². The summed E-state index contributed by atoms with van der Waals surface area (Å²) < 4.78 is 0. The van der Waals surface area contributed by atoms with E-state index in [1.807, 2.05) is 0 Å². The van der Waals surface area contributed by atoms with Gasteiger partial charge in [0, 0.05) is 0 Å². The van der Waals surface area contributed by atoms with E-state index in [9.17, 15) is 4.79 Å². The molecule has 0 radical (unpaired) electrons. The van der Waals surface area contributed by atoms with Crippen molar-refractivity contribution < 1.29 is 14.7 Å². The SMILES string of the molecule is N=C(N)N(Oc1ccccc1)C(=O)O. The minimum absolute atomic E-state index is 0.273. The molecular weight excluding hydrogens is 186 g/mol. The molecule has 0 aliphatic carbocycles. The summed E-state index contributed by atoms with van der Waals surface area (Å²) in [6.45, 7) is 0. The fourth-order valence-corrected chi connectivity index (χ4v) is 0.778. The molecule has 0 fully saturated rings. The van der Waals surface area contributed by atoms with Gasteiger partial charge in [0.1, 0.15) is 0 Å². The van der Waals surface area contributed by atoms with Gasteiger partial charge in [-0.05, 0) is 12.1 Å². The van der Waals surface area contributed by atoms with Crippen LogP contribution in [0.3, 0.4) is 0 Å². The third-order valence-corrected chi connectivity index (χ3v) is 1.33. The van der Waals surface area contributed by atoms with E-state index in [0.717, 1.165) is 0 Å². The summed E-state index contributed by atoms with van der Waals surface area (Å²) in [6.07, 6.45) is -1.44. The Labute approximate surface area is 80.0 Å². The van der Waals surface area contributed by atoms with E-state index in [4.69, 9.17) is 21.1 Å². The molecule has 0 saturated carbocycles. The van der Waals surface area contributed by atoms with Crippen LogP contribution in [0.25, 0.3) is 0 Å². The van der Waals surface area contributed by atoms with Crippen molar-refractivity contribution in [2.45, 2.75) is 0 Å². The number of carbonyl (C=O) groups is 1. The Kier molecular flexibility index (Phi) is 2.90. The zero-order valence-electron chi connectivity index (χ0n) is 7.18. The summed E-state index contributed by atoms with van der Waals surface area (Å²) in [6, 6.07) is 8.22. The third kappa shape index (κ3) is 2.37. The Bertz CT molecular complexity index is 325. The minimum Gasteiger partial charge on any atom is -0.462 e. The second-order valence-electron chi connectivity index (χ2n) is 2.37. The Morgan fingerprint density at radius 2 is 2.00 bits per heavy atom. The molecule has 0 aliphatic rings. The zero-order chi connectivity index (χ0) is 10.6. The van der Waals surface area contributed by atoms with Crippen LogP contribution in [0.4, 0.5) is 4.79 Å². The summed E-state index contributed by atoms with van der Waals surface area (Å²) in [5, 5.41) is 15.8. The molecule has 0 aliphatic heterocycles. The van der Waals surface area contributed by atoms with Crippen molar-refractivity contribution in [1.82, 2.24) is 5.06 Å². The number of rotatable bonds is 2. The lowest BCUT2D eigenvalue weighted by Crippen LogP contribution is -2.42. The normalized spacial score (nSPS) is 9.14. The molecule has 1 amide bonds. The molecular formula is C8H9N3O3. The van der Waals surface area contributed by atoms with Gasteiger partial charge in [0.25, 0.3) is 0 Å². The van der Waals surface area contributed by atoms with Gasteiger partial charge in [-0.25, -0.2) is 4.79 Å². The average Bonchev–Trinajstić information content (AvgIpc) is 2.15. The number of guanidine groups is 1. The molecule has 1 rings (SSSR count). The highest BCUT2D eigenvalue weighted by Gasteiger charge is 2.16. The van der Waals surface area contributed by atoms with E-state index in [0.29, 0.717) is 5.75 Å². The molecule has 1 aromatic carbocycles. The van der Waals surface area contributed by atoms with Gasteiger partial charge in [-0.1, -0.05) is 23.3 Å². The highest BCUT2D eigenvalue weighted by Crippen LogP contribution is 2.10. The number of para-hydroxylation sites is 1. The number of hydroxylamine groups is 2. The van der Waals surface area contributed by atoms with E-state index < -0.39 is 12.1 Å². The third-order valence-electron chi connectivity index (χ3n) is 1.33. The molecule has 4 N–H and O–H groups in total. The number of nitrogens with two attached hydrogens (primary N) is 1. The highest BCUT2D eigenvalue weighted by molar-refractivity contribution is 5.89. The number of amides is 1. The maximum absolute atomic E-state index is 10.5. The van der Waals surface area contributed by atoms with Crippen LogP contribution in [0.1, 0.15) is 0 Å². The molecule has 1 aromatic rings. The summed E-state index contributed by atoms with van der Waals surface area (Å²) >= 11 is 0. The molecule has 6 nitrogen and oxygen atoms in total. The Morgan fingerprint density at radius 3 is 2.43 bits per heavy atom. The van der Waals surface area contributed by atoms with E-state index in [2.05, 4.69) is 0 Å². The predicted octanol–water partition coefficient (Wildman–Crippen LogP) is 0.854. The van der Waals surface area contributed by atoms with Gasteiger partial charge < -0.3 is 15.7 Å². The number of hydrogen-bond acceptors (Lipinski definition) is 3. The lowest BCUT2D eigenvalue weighted by Gasteiger charge is -2.16. The van der Waals surface area contributed by atoms with Crippen molar-refractivity contribution in [1.29, 1.82) is 5.41 Å². The highest BCUT2D eigenvalue weighted by atomic mass is 16.7. The van der Waals surface area contributed by atoms with Crippen LogP contribution in [0.5, 0.6) is 5.75 Å². The monoisotopic (exact) mass is 195 g/mol. The van der Waals surface area contributed by atoms with Crippen molar-refractivity contribution in [3.05, 3.63) is 30.3 Å². The van der Waals surface area contributed by atoms with E-state index >= 15 is 0 Å². The van der Waals surface area contributed by atoms with Crippen molar-refractivity contribution in [2.24, 2.45) is 5.73 Å². The van der Waals surface area contributed by atoms with Crippen LogP contribution in [-0.2, 0) is 0 Å². The first-order valence-corrected chi connectivity index (χ1v) is 3.71. The molecule has 6 heteroatoms. The van der Waals surface area contributed by atoms with Crippen LogP contribution < -0.4 is 10.6 Å². The number of carboxylic acid groups (broad SMARTS) is 1. The van der Waals surface area contributed by atoms with Crippen molar-refractivity contribution in [3.8, 4) is 5.75 Å². The molecule has 0 aromatic heterocycles. The fraction of sp³-hybridized carbons (Fsp3) is 0. The molecule has 14 heavy (non-hydrogen) atoms. The average molecular weight is 195 g/mol. The van der Waals surface area contributed by atoms with Gasteiger partial charge in [0.15, 0.2) is 5.75 Å². The summed E-state index contributed by atoms with van der Waals surface area (Å²) in [7, 11) is 0. The lowest BCUT2D eigenvalue weighted by atomic mass is 10.3. The zero-order valence-corrected chi connectivity index (χ0v) is 7.18. The second kappa shape index (κ2) is 4.13. The van der Waals surface area contributed by atoms with Crippen LogP contribution >= 0.6 is 0 Å². The molecule has 0 atom stereocenters. The summed E-state index contributed by atoms with van der Waals surface area (Å²) in [5.41, 5.74) is 4.99. The summed E-state index contributed by atoms with van der Waals surface area (Å²) in [4.78, 5) is 15.3. The largest absolute Gasteiger partial charge is 0.462 e. The standard InChI is InChI=1S/C8H9N3O3/c9-7(10)11(8(12)13)14-6-4-2-1-3-5-6/h1-5H,(H3,9,10)(H,12,13). The quantitative estimate of drug-likeness (QED) is 0.370. The predicted molar refractivity (Wildman–Crippen MR) is 48.8 cm³/mol. The maximum atomic E-state index is 10.5. The van der Waals surface area contributed by atoms with Gasteiger partial charge in [-0.15, -0.1) is 0 Å². The van der Waals surface area contributed by atoms with Crippen LogP contribution in [0, 0.1) is 5.41 Å². The number of hydrogen-bond donors (Lipinski definition) is 3. The van der Waals surface area contributed by atoms with E-state index in [1.54, 1.807) is 30.3 Å². The fourth-order valence-electron chi connectivity index (χ4n) is 0.778. The first kappa shape index (κ1) is 9.85. The lowest BCUT2D eigenvalue weighted by molar-refractivity contribution is 0.0244.